The van der Waals surface area contributed by atoms with E-state index in [1.54, 1.807) is 0 Å². The van der Waals surface area contributed by atoms with Gasteiger partial charge >= 0.3 is 5.97 Å². The maximum absolute atomic E-state index is 11.8. The molecule has 0 aromatic rings. The minimum absolute atomic E-state index is 0.145. The number of hydrogen-bond donors (Lipinski definition) is 1. The van der Waals surface area contributed by atoms with Gasteiger partial charge in [-0.05, 0) is 25.7 Å². The number of esters is 1. The summed E-state index contributed by atoms with van der Waals surface area (Å²) in [4.78, 5) is 22.7. The van der Waals surface area contributed by atoms with Gasteiger partial charge in [0.2, 0.25) is 0 Å². The van der Waals surface area contributed by atoms with Crippen LogP contribution in [-0.2, 0) is 14.3 Å². The van der Waals surface area contributed by atoms with Crippen molar-refractivity contribution in [3.63, 3.8) is 0 Å². The van der Waals surface area contributed by atoms with E-state index in [-0.39, 0.29) is 17.9 Å². The van der Waals surface area contributed by atoms with Gasteiger partial charge in [-0.1, -0.05) is 51.9 Å². The molecule has 0 aliphatic heterocycles. The van der Waals surface area contributed by atoms with E-state index in [1.807, 2.05) is 0 Å². The predicted molar refractivity (Wildman–Crippen MR) is 93.3 cm³/mol. The summed E-state index contributed by atoms with van der Waals surface area (Å²) >= 11 is 0. The van der Waals surface area contributed by atoms with Gasteiger partial charge < -0.3 is 9.84 Å². The summed E-state index contributed by atoms with van der Waals surface area (Å²) in [6.45, 7) is 2.17. The lowest BCUT2D eigenvalue weighted by molar-refractivity contribution is -0.140. The highest BCUT2D eigenvalue weighted by molar-refractivity contribution is 5.78. The molecule has 4 heteroatoms. The van der Waals surface area contributed by atoms with Crippen LogP contribution in [0.3, 0.4) is 0 Å². The van der Waals surface area contributed by atoms with Crippen molar-refractivity contribution in [1.82, 2.24) is 0 Å². The summed E-state index contributed by atoms with van der Waals surface area (Å²) < 4.78 is 4.59. The summed E-state index contributed by atoms with van der Waals surface area (Å²) in [7, 11) is 1.41. The normalized spacial score (nSPS) is 12.1. The number of carbonyl (C=O) groups excluding carboxylic acids is 2. The number of hydrogen-bond acceptors (Lipinski definition) is 4. The number of aliphatic hydroxyl groups is 1. The van der Waals surface area contributed by atoms with Crippen molar-refractivity contribution in [3.05, 3.63) is 0 Å². The maximum atomic E-state index is 11.8. The van der Waals surface area contributed by atoms with Crippen molar-refractivity contribution in [3.8, 4) is 0 Å². The van der Waals surface area contributed by atoms with Crippen LogP contribution in [-0.4, -0.2) is 30.1 Å². The van der Waals surface area contributed by atoms with E-state index in [2.05, 4.69) is 11.7 Å². The average Bonchev–Trinajstić information content (AvgIpc) is 2.55. The highest BCUT2D eigenvalue weighted by Gasteiger charge is 2.08. The predicted octanol–water partition coefficient (Wildman–Crippen LogP) is 4.57. The van der Waals surface area contributed by atoms with Crippen LogP contribution >= 0.6 is 0 Å². The third kappa shape index (κ3) is 15.8. The Morgan fingerprint density at radius 3 is 2.09 bits per heavy atom. The van der Waals surface area contributed by atoms with Crippen molar-refractivity contribution in [2.45, 2.75) is 103 Å². The van der Waals surface area contributed by atoms with Gasteiger partial charge in [0.1, 0.15) is 5.78 Å². The topological polar surface area (TPSA) is 63.6 Å². The Kier molecular flexibility index (Phi) is 15.4. The van der Waals surface area contributed by atoms with Crippen molar-refractivity contribution in [1.29, 1.82) is 0 Å². The van der Waals surface area contributed by atoms with Gasteiger partial charge in [0, 0.05) is 19.3 Å². The summed E-state index contributed by atoms with van der Waals surface area (Å²) in [5.41, 5.74) is 0. The Morgan fingerprint density at radius 2 is 1.43 bits per heavy atom. The fourth-order valence-electron chi connectivity index (χ4n) is 2.63. The SMILES string of the molecule is CCCCCCC(O)CCC(=O)CCCCCCCC(=O)OC. The van der Waals surface area contributed by atoms with E-state index in [0.29, 0.717) is 25.7 Å². The number of ketones is 1. The lowest BCUT2D eigenvalue weighted by atomic mass is 10.0. The molecule has 136 valence electrons. The molecule has 4 nitrogen and oxygen atoms in total. The van der Waals surface area contributed by atoms with Crippen molar-refractivity contribution in [2.24, 2.45) is 0 Å². The second kappa shape index (κ2) is 16.0. The molecule has 0 spiro atoms. The lowest BCUT2D eigenvalue weighted by Crippen LogP contribution is -2.09. The molecule has 0 aliphatic rings. The van der Waals surface area contributed by atoms with Crippen molar-refractivity contribution < 1.29 is 19.4 Å². The molecule has 1 N–H and O–H groups in total. The molecule has 0 bridgehead atoms. The first kappa shape index (κ1) is 22.1. The molecular formula is C19H36O4. The third-order valence-electron chi connectivity index (χ3n) is 4.21. The van der Waals surface area contributed by atoms with Crippen molar-refractivity contribution in [2.75, 3.05) is 7.11 Å². The molecule has 1 atom stereocenters. The van der Waals surface area contributed by atoms with Gasteiger partial charge in [0.25, 0.3) is 0 Å². The second-order valence-corrected chi connectivity index (χ2v) is 6.42. The van der Waals surface area contributed by atoms with Gasteiger partial charge in [0.15, 0.2) is 0 Å². The highest BCUT2D eigenvalue weighted by atomic mass is 16.5. The van der Waals surface area contributed by atoms with Crippen LogP contribution in [0.25, 0.3) is 0 Å². The molecule has 23 heavy (non-hydrogen) atoms. The van der Waals surface area contributed by atoms with Crippen molar-refractivity contribution >= 4 is 11.8 Å². The number of ether oxygens (including phenoxy) is 1. The Balaban J connectivity index is 3.38. The number of rotatable bonds is 16. The molecule has 0 fully saturated rings. The first-order valence-electron chi connectivity index (χ1n) is 9.36. The van der Waals surface area contributed by atoms with Crippen LogP contribution in [0.15, 0.2) is 0 Å². The second-order valence-electron chi connectivity index (χ2n) is 6.42. The molecule has 0 saturated carbocycles. The first-order chi connectivity index (χ1) is 11.1. The van der Waals surface area contributed by atoms with E-state index in [9.17, 15) is 14.7 Å². The summed E-state index contributed by atoms with van der Waals surface area (Å²) in [5.74, 6) is 0.126. The van der Waals surface area contributed by atoms with Crippen LogP contribution in [0.5, 0.6) is 0 Å². The van der Waals surface area contributed by atoms with Gasteiger partial charge in [-0.3, -0.25) is 9.59 Å². The molecule has 0 saturated heterocycles. The zero-order valence-electron chi connectivity index (χ0n) is 15.1. The lowest BCUT2D eigenvalue weighted by Gasteiger charge is -2.09. The quantitative estimate of drug-likeness (QED) is 0.333. The highest BCUT2D eigenvalue weighted by Crippen LogP contribution is 2.12. The molecule has 0 amide bonds. The Labute approximate surface area is 142 Å². The van der Waals surface area contributed by atoms with Crippen LogP contribution in [0.1, 0.15) is 96.8 Å². The standard InChI is InChI=1S/C19H36O4/c1-3-4-5-9-12-17(20)15-16-18(21)13-10-7-6-8-11-14-19(22)23-2/h17,20H,3-16H2,1-2H3. The molecule has 0 heterocycles. The van der Waals surface area contributed by atoms with Crippen LogP contribution in [0, 0.1) is 0 Å². The van der Waals surface area contributed by atoms with Gasteiger partial charge in [0.05, 0.1) is 13.2 Å². The fraction of sp³-hybridized carbons (Fsp3) is 0.895. The summed E-state index contributed by atoms with van der Waals surface area (Å²) in [6.07, 6.45) is 12.3. The molecule has 0 rings (SSSR count). The fourth-order valence-corrected chi connectivity index (χ4v) is 2.63. The van der Waals surface area contributed by atoms with Gasteiger partial charge in [-0.2, -0.15) is 0 Å². The zero-order valence-corrected chi connectivity index (χ0v) is 15.1. The molecule has 1 unspecified atom stereocenters. The van der Waals surface area contributed by atoms with E-state index < -0.39 is 0 Å². The monoisotopic (exact) mass is 328 g/mol. The molecule has 0 aromatic heterocycles. The average molecular weight is 328 g/mol. The maximum Gasteiger partial charge on any atom is 0.305 e. The zero-order chi connectivity index (χ0) is 17.3. The van der Waals surface area contributed by atoms with Crippen LogP contribution in [0.2, 0.25) is 0 Å². The Hall–Kier alpha value is -0.900. The van der Waals surface area contributed by atoms with Gasteiger partial charge in [-0.15, -0.1) is 0 Å². The van der Waals surface area contributed by atoms with E-state index in [1.165, 1.54) is 26.4 Å². The number of aliphatic hydroxyl groups excluding tert-OH is 1. The molecule has 0 aliphatic carbocycles. The Morgan fingerprint density at radius 1 is 0.826 bits per heavy atom. The van der Waals surface area contributed by atoms with Crippen LogP contribution in [0.4, 0.5) is 0 Å². The third-order valence-corrected chi connectivity index (χ3v) is 4.21. The minimum atomic E-state index is -0.311. The number of methoxy groups -OCH3 is 1. The smallest absolute Gasteiger partial charge is 0.305 e. The van der Waals surface area contributed by atoms with E-state index in [4.69, 9.17) is 0 Å². The Bertz CT molecular complexity index is 302. The van der Waals surface area contributed by atoms with Crippen LogP contribution < -0.4 is 0 Å². The first-order valence-corrected chi connectivity index (χ1v) is 9.36. The van der Waals surface area contributed by atoms with E-state index in [0.717, 1.165) is 44.9 Å². The number of unbranched alkanes of at least 4 members (excludes halogenated alkanes) is 7. The summed E-state index contributed by atoms with van der Waals surface area (Å²) in [6, 6.07) is 0. The van der Waals surface area contributed by atoms with Gasteiger partial charge in [-0.25, -0.2) is 0 Å². The van der Waals surface area contributed by atoms with E-state index >= 15 is 0 Å². The molecule has 0 radical (unpaired) electrons. The largest absolute Gasteiger partial charge is 0.469 e. The molecular weight excluding hydrogens is 292 g/mol. The minimum Gasteiger partial charge on any atom is -0.469 e. The summed E-state index contributed by atoms with van der Waals surface area (Å²) in [5, 5.41) is 9.84. The number of carbonyl (C=O) groups is 2. The molecule has 0 aromatic carbocycles. The number of Topliss-reactive ketones (excluding diaryl/α,β-unsaturated/α-hetero) is 1.